The van der Waals surface area contributed by atoms with Gasteiger partial charge in [-0.15, -0.1) is 0 Å². The number of benzene rings is 1. The lowest BCUT2D eigenvalue weighted by atomic mass is 9.95. The Morgan fingerprint density at radius 3 is 2.52 bits per heavy atom. The number of hydrazine groups is 1. The minimum Gasteiger partial charge on any atom is -0.395 e. The first-order chi connectivity index (χ1) is 10.1. The lowest BCUT2D eigenvalue weighted by Gasteiger charge is -2.33. The van der Waals surface area contributed by atoms with Gasteiger partial charge in [0.05, 0.1) is 12.3 Å². The Morgan fingerprint density at radius 2 is 1.90 bits per heavy atom. The van der Waals surface area contributed by atoms with Gasteiger partial charge in [0.2, 0.25) is 10.0 Å². The molecular weight excluding hydrogens is 290 g/mol. The van der Waals surface area contributed by atoms with Gasteiger partial charge >= 0.3 is 0 Å². The summed E-state index contributed by atoms with van der Waals surface area (Å²) in [4.78, 5) is 0.159. The van der Waals surface area contributed by atoms with Crippen LogP contribution in [0.3, 0.4) is 0 Å². The molecule has 0 heterocycles. The molecule has 0 radical (unpaired) electrons. The molecule has 7 heteroatoms. The molecule has 1 fully saturated rings. The number of para-hydroxylation sites is 1. The number of hydrogen-bond acceptors (Lipinski definition) is 5. The van der Waals surface area contributed by atoms with E-state index in [1.165, 1.54) is 10.4 Å². The van der Waals surface area contributed by atoms with Gasteiger partial charge in [-0.25, -0.2) is 8.42 Å². The van der Waals surface area contributed by atoms with Crippen LogP contribution in [0.15, 0.2) is 29.2 Å². The van der Waals surface area contributed by atoms with Crippen LogP contribution in [0.5, 0.6) is 0 Å². The van der Waals surface area contributed by atoms with E-state index in [1.807, 2.05) is 0 Å². The summed E-state index contributed by atoms with van der Waals surface area (Å²) in [5, 5.41) is 9.26. The second-order valence-corrected chi connectivity index (χ2v) is 7.13. The fourth-order valence-corrected chi connectivity index (χ4v) is 4.74. The summed E-state index contributed by atoms with van der Waals surface area (Å²) in [6, 6.07) is 6.53. The van der Waals surface area contributed by atoms with Crippen molar-refractivity contribution in [3.8, 4) is 0 Å². The summed E-state index contributed by atoms with van der Waals surface area (Å²) >= 11 is 0. The van der Waals surface area contributed by atoms with Crippen LogP contribution in [-0.4, -0.2) is 37.0 Å². The van der Waals surface area contributed by atoms with Crippen LogP contribution in [0.2, 0.25) is 0 Å². The number of rotatable bonds is 6. The fourth-order valence-electron chi connectivity index (χ4n) is 2.90. The summed E-state index contributed by atoms with van der Waals surface area (Å²) in [6.07, 6.45) is 4.89. The summed E-state index contributed by atoms with van der Waals surface area (Å²) in [5.74, 6) is 5.42. The minimum absolute atomic E-state index is 0.0401. The first-order valence-corrected chi connectivity index (χ1v) is 8.73. The monoisotopic (exact) mass is 313 g/mol. The molecule has 0 saturated heterocycles. The third-order valence-electron chi connectivity index (χ3n) is 3.93. The van der Waals surface area contributed by atoms with Crippen molar-refractivity contribution < 1.29 is 13.5 Å². The molecule has 4 N–H and O–H groups in total. The number of sulfonamides is 1. The molecular formula is C14H23N3O3S. The predicted molar refractivity (Wildman–Crippen MR) is 82.1 cm³/mol. The molecule has 21 heavy (non-hydrogen) atoms. The Labute approximate surface area is 126 Å². The zero-order chi connectivity index (χ0) is 15.3. The van der Waals surface area contributed by atoms with Crippen molar-refractivity contribution in [2.45, 2.75) is 43.0 Å². The number of anilines is 1. The number of nitrogens with zero attached hydrogens (tertiary/aromatic N) is 1. The maximum atomic E-state index is 12.9. The third kappa shape index (κ3) is 3.55. The maximum absolute atomic E-state index is 12.9. The molecule has 0 spiro atoms. The van der Waals surface area contributed by atoms with E-state index >= 15 is 0 Å². The summed E-state index contributed by atoms with van der Waals surface area (Å²) in [7, 11) is -3.67. The smallest absolute Gasteiger partial charge is 0.245 e. The van der Waals surface area contributed by atoms with E-state index in [4.69, 9.17) is 5.84 Å². The van der Waals surface area contributed by atoms with Gasteiger partial charge in [0, 0.05) is 12.6 Å². The van der Waals surface area contributed by atoms with Gasteiger partial charge in [-0.2, -0.15) is 4.31 Å². The van der Waals surface area contributed by atoms with Crippen LogP contribution >= 0.6 is 0 Å². The van der Waals surface area contributed by atoms with Crippen molar-refractivity contribution in [3.05, 3.63) is 24.3 Å². The first kappa shape index (κ1) is 16.2. The van der Waals surface area contributed by atoms with Crippen molar-refractivity contribution in [2.24, 2.45) is 5.84 Å². The van der Waals surface area contributed by atoms with Crippen molar-refractivity contribution in [2.75, 3.05) is 18.6 Å². The van der Waals surface area contributed by atoms with E-state index in [0.717, 1.165) is 32.1 Å². The van der Waals surface area contributed by atoms with Crippen LogP contribution in [0.1, 0.15) is 32.1 Å². The van der Waals surface area contributed by atoms with Crippen molar-refractivity contribution >= 4 is 15.7 Å². The molecule has 118 valence electrons. The second-order valence-electron chi connectivity index (χ2n) is 5.27. The van der Waals surface area contributed by atoms with Crippen molar-refractivity contribution in [3.63, 3.8) is 0 Å². The molecule has 6 nitrogen and oxygen atoms in total. The number of hydrogen-bond donors (Lipinski definition) is 3. The van der Waals surface area contributed by atoms with E-state index in [1.54, 1.807) is 18.2 Å². The predicted octanol–water partition coefficient (Wildman–Crippen LogP) is 1.29. The van der Waals surface area contributed by atoms with Crippen LogP contribution in [-0.2, 0) is 10.0 Å². The molecule has 0 bridgehead atoms. The summed E-state index contributed by atoms with van der Waals surface area (Å²) in [5.41, 5.74) is 2.80. The van der Waals surface area contributed by atoms with E-state index < -0.39 is 10.0 Å². The Balaban J connectivity index is 2.37. The number of aliphatic hydroxyl groups is 1. The second kappa shape index (κ2) is 7.22. The normalized spacial score (nSPS) is 17.1. The van der Waals surface area contributed by atoms with E-state index in [-0.39, 0.29) is 24.1 Å². The van der Waals surface area contributed by atoms with Gasteiger partial charge in [0.1, 0.15) is 4.90 Å². The lowest BCUT2D eigenvalue weighted by Crippen LogP contribution is -2.43. The average molecular weight is 313 g/mol. The zero-order valence-electron chi connectivity index (χ0n) is 12.0. The standard InChI is InChI=1S/C14H23N3O3S/c15-16-13-8-4-5-9-14(13)21(19,20)17(10-11-18)12-6-2-1-3-7-12/h4-5,8-9,12,16,18H,1-3,6-7,10-11,15H2. The summed E-state index contributed by atoms with van der Waals surface area (Å²) < 4.78 is 27.3. The van der Waals surface area contributed by atoms with Gasteiger partial charge in [0.15, 0.2) is 0 Å². The Kier molecular flexibility index (Phi) is 5.58. The van der Waals surface area contributed by atoms with Gasteiger partial charge in [-0.05, 0) is 25.0 Å². The lowest BCUT2D eigenvalue weighted by molar-refractivity contribution is 0.199. The number of nitrogen functional groups attached to an aromatic ring is 1. The molecule has 0 atom stereocenters. The molecule has 1 aliphatic rings. The minimum atomic E-state index is -3.67. The molecule has 1 saturated carbocycles. The molecule has 1 aliphatic carbocycles. The highest BCUT2D eigenvalue weighted by atomic mass is 32.2. The summed E-state index contributed by atoms with van der Waals surface area (Å²) in [6.45, 7) is -0.0696. The van der Waals surface area contributed by atoms with Gasteiger partial charge < -0.3 is 10.5 Å². The van der Waals surface area contributed by atoms with Crippen LogP contribution < -0.4 is 11.3 Å². The molecule has 2 rings (SSSR count). The number of nitrogens with one attached hydrogen (secondary N) is 1. The van der Waals surface area contributed by atoms with Gasteiger partial charge in [-0.3, -0.25) is 5.84 Å². The average Bonchev–Trinajstić information content (AvgIpc) is 2.53. The Hall–Kier alpha value is -1.15. The molecule has 1 aromatic carbocycles. The zero-order valence-corrected chi connectivity index (χ0v) is 12.8. The third-order valence-corrected chi connectivity index (χ3v) is 5.94. The van der Waals surface area contributed by atoms with E-state index in [2.05, 4.69) is 5.43 Å². The van der Waals surface area contributed by atoms with Crippen LogP contribution in [0, 0.1) is 0 Å². The topological polar surface area (TPSA) is 95.7 Å². The van der Waals surface area contributed by atoms with Crippen molar-refractivity contribution in [1.29, 1.82) is 0 Å². The maximum Gasteiger partial charge on any atom is 0.245 e. The van der Waals surface area contributed by atoms with Crippen LogP contribution in [0.4, 0.5) is 5.69 Å². The molecule has 0 unspecified atom stereocenters. The Morgan fingerprint density at radius 1 is 1.24 bits per heavy atom. The molecule has 0 aliphatic heterocycles. The number of aliphatic hydroxyl groups excluding tert-OH is 1. The first-order valence-electron chi connectivity index (χ1n) is 7.29. The quantitative estimate of drug-likeness (QED) is 0.543. The highest BCUT2D eigenvalue weighted by Gasteiger charge is 2.33. The van der Waals surface area contributed by atoms with Gasteiger partial charge in [0.25, 0.3) is 0 Å². The van der Waals surface area contributed by atoms with Crippen LogP contribution in [0.25, 0.3) is 0 Å². The fraction of sp³-hybridized carbons (Fsp3) is 0.571. The molecule has 0 amide bonds. The largest absolute Gasteiger partial charge is 0.395 e. The number of nitrogens with two attached hydrogens (primary N) is 1. The molecule has 0 aromatic heterocycles. The van der Waals surface area contributed by atoms with E-state index in [9.17, 15) is 13.5 Å². The van der Waals surface area contributed by atoms with Crippen molar-refractivity contribution in [1.82, 2.24) is 4.31 Å². The molecule has 1 aromatic rings. The van der Waals surface area contributed by atoms with Gasteiger partial charge in [-0.1, -0.05) is 31.4 Å². The highest BCUT2D eigenvalue weighted by Crippen LogP contribution is 2.30. The highest BCUT2D eigenvalue weighted by molar-refractivity contribution is 7.89. The SMILES string of the molecule is NNc1ccccc1S(=O)(=O)N(CCO)C1CCCCC1. The Bertz CT molecular complexity index is 556. The van der Waals surface area contributed by atoms with E-state index in [0.29, 0.717) is 5.69 Å².